The zero-order chi connectivity index (χ0) is 13.6. The van der Waals surface area contributed by atoms with Gasteiger partial charge in [-0.1, -0.05) is 30.3 Å². The summed E-state index contributed by atoms with van der Waals surface area (Å²) >= 11 is 0. The monoisotopic (exact) mass is 272 g/mol. The lowest BCUT2D eigenvalue weighted by Crippen LogP contribution is -2.21. The second-order valence-corrected chi connectivity index (χ2v) is 4.97. The van der Waals surface area contributed by atoms with Crippen LogP contribution in [-0.4, -0.2) is 38.2 Å². The Hall–Kier alpha value is -1.33. The van der Waals surface area contributed by atoms with E-state index >= 15 is 0 Å². The van der Waals surface area contributed by atoms with Crippen LogP contribution in [0.3, 0.4) is 0 Å². The van der Waals surface area contributed by atoms with E-state index in [1.54, 1.807) is 0 Å². The first-order valence-electron chi connectivity index (χ1n) is 5.29. The SMILES string of the molecule is CN1C=CN(Cc2ccccc2)C1.O=P(O)(O)O. The van der Waals surface area contributed by atoms with Crippen LogP contribution < -0.4 is 0 Å². The molecule has 100 valence electrons. The molecule has 3 N–H and O–H groups in total. The molecule has 1 heterocycles. The fourth-order valence-electron chi connectivity index (χ4n) is 1.51. The van der Waals surface area contributed by atoms with Crippen LogP contribution in [-0.2, 0) is 11.1 Å². The van der Waals surface area contributed by atoms with Gasteiger partial charge in [-0.15, -0.1) is 0 Å². The van der Waals surface area contributed by atoms with E-state index in [1.165, 1.54) is 5.56 Å². The first-order valence-corrected chi connectivity index (χ1v) is 6.86. The summed E-state index contributed by atoms with van der Waals surface area (Å²) in [4.78, 5) is 26.0. The summed E-state index contributed by atoms with van der Waals surface area (Å²) in [5, 5.41) is 0. The molecule has 0 spiro atoms. The molecule has 0 aliphatic carbocycles. The highest BCUT2D eigenvalue weighted by molar-refractivity contribution is 7.45. The average molecular weight is 272 g/mol. The summed E-state index contributed by atoms with van der Waals surface area (Å²) in [6.45, 7) is 2.00. The lowest BCUT2D eigenvalue weighted by atomic mass is 10.2. The molecule has 0 fully saturated rings. The number of benzene rings is 1. The molecule has 18 heavy (non-hydrogen) atoms. The third kappa shape index (κ3) is 7.09. The number of hydrogen-bond acceptors (Lipinski definition) is 3. The van der Waals surface area contributed by atoms with E-state index in [9.17, 15) is 0 Å². The second kappa shape index (κ2) is 6.56. The van der Waals surface area contributed by atoms with Crippen molar-refractivity contribution >= 4 is 7.82 Å². The molecule has 0 saturated heterocycles. The van der Waals surface area contributed by atoms with Gasteiger partial charge in [0.25, 0.3) is 0 Å². The summed E-state index contributed by atoms with van der Waals surface area (Å²) in [6.07, 6.45) is 4.23. The molecule has 7 heteroatoms. The summed E-state index contributed by atoms with van der Waals surface area (Å²) in [6, 6.07) is 10.5. The van der Waals surface area contributed by atoms with Gasteiger partial charge in [0.2, 0.25) is 0 Å². The van der Waals surface area contributed by atoms with Crippen molar-refractivity contribution in [3.63, 3.8) is 0 Å². The molecule has 1 aliphatic rings. The van der Waals surface area contributed by atoms with Crippen LogP contribution in [0.15, 0.2) is 42.7 Å². The van der Waals surface area contributed by atoms with Crippen LogP contribution in [0.1, 0.15) is 5.56 Å². The normalized spacial score (nSPS) is 14.4. The molecular formula is C11H17N2O4P. The van der Waals surface area contributed by atoms with Gasteiger partial charge in [-0.25, -0.2) is 4.57 Å². The fraction of sp³-hybridized carbons (Fsp3) is 0.273. The molecule has 0 radical (unpaired) electrons. The van der Waals surface area contributed by atoms with Crippen molar-refractivity contribution < 1.29 is 19.2 Å². The maximum atomic E-state index is 8.88. The summed E-state index contributed by atoms with van der Waals surface area (Å²) in [7, 11) is -2.55. The van der Waals surface area contributed by atoms with E-state index in [1.807, 2.05) is 0 Å². The van der Waals surface area contributed by atoms with Crippen molar-refractivity contribution in [1.29, 1.82) is 0 Å². The molecule has 1 aromatic rings. The standard InChI is InChI=1S/C11H14N2.H3O4P/c1-12-7-8-13(10-12)9-11-5-3-2-4-6-11;1-5(2,3)4/h2-8H,9-10H2,1H3;(H3,1,2,3,4). The highest BCUT2D eigenvalue weighted by Gasteiger charge is 2.07. The summed E-state index contributed by atoms with van der Waals surface area (Å²) in [5.74, 6) is 0. The van der Waals surface area contributed by atoms with Crippen molar-refractivity contribution in [1.82, 2.24) is 9.80 Å². The quantitative estimate of drug-likeness (QED) is 0.695. The minimum atomic E-state index is -4.64. The van der Waals surface area contributed by atoms with Gasteiger partial charge in [0, 0.05) is 26.0 Å². The Labute approximate surface area is 106 Å². The Morgan fingerprint density at radius 1 is 1.17 bits per heavy atom. The third-order valence-corrected chi connectivity index (χ3v) is 2.17. The van der Waals surface area contributed by atoms with Gasteiger partial charge in [0.1, 0.15) is 0 Å². The highest BCUT2D eigenvalue weighted by atomic mass is 31.2. The maximum absolute atomic E-state index is 8.88. The van der Waals surface area contributed by atoms with Gasteiger partial charge in [-0.2, -0.15) is 0 Å². The minimum absolute atomic E-state index is 0.995. The molecule has 0 saturated carbocycles. The van der Waals surface area contributed by atoms with Crippen LogP contribution in [0.4, 0.5) is 0 Å². The predicted octanol–water partition coefficient (Wildman–Crippen LogP) is 0.934. The Morgan fingerprint density at radius 2 is 1.72 bits per heavy atom. The fourth-order valence-corrected chi connectivity index (χ4v) is 1.51. The molecule has 0 atom stereocenters. The molecule has 0 bridgehead atoms. The Bertz CT molecular complexity index is 424. The summed E-state index contributed by atoms with van der Waals surface area (Å²) in [5.41, 5.74) is 1.36. The second-order valence-electron chi connectivity index (χ2n) is 3.94. The number of rotatable bonds is 2. The molecule has 0 unspecified atom stereocenters. The first kappa shape index (κ1) is 14.7. The van der Waals surface area contributed by atoms with E-state index in [0.717, 1.165) is 13.2 Å². The third-order valence-electron chi connectivity index (χ3n) is 2.17. The highest BCUT2D eigenvalue weighted by Crippen LogP contribution is 2.25. The van der Waals surface area contributed by atoms with E-state index in [4.69, 9.17) is 19.2 Å². The van der Waals surface area contributed by atoms with Gasteiger partial charge < -0.3 is 24.5 Å². The lowest BCUT2D eigenvalue weighted by molar-refractivity contribution is 0.275. The number of nitrogens with zero attached hydrogens (tertiary/aromatic N) is 2. The lowest BCUT2D eigenvalue weighted by Gasteiger charge is -2.17. The smallest absolute Gasteiger partial charge is 0.362 e. The van der Waals surface area contributed by atoms with E-state index in [-0.39, 0.29) is 0 Å². The van der Waals surface area contributed by atoms with E-state index in [2.05, 4.69) is 59.6 Å². The largest absolute Gasteiger partial charge is 0.466 e. The Balaban J connectivity index is 0.000000280. The Kier molecular flexibility index (Phi) is 5.37. The zero-order valence-electron chi connectivity index (χ0n) is 10.0. The molecule has 6 nitrogen and oxygen atoms in total. The van der Waals surface area contributed by atoms with Gasteiger partial charge in [-0.05, 0) is 5.56 Å². The predicted molar refractivity (Wildman–Crippen MR) is 68.0 cm³/mol. The molecule has 2 rings (SSSR count). The molecule has 1 aromatic carbocycles. The van der Waals surface area contributed by atoms with Gasteiger partial charge >= 0.3 is 7.82 Å². The van der Waals surface area contributed by atoms with Crippen LogP contribution in [0, 0.1) is 0 Å². The van der Waals surface area contributed by atoms with Gasteiger partial charge in [0.15, 0.2) is 0 Å². The van der Waals surface area contributed by atoms with E-state index in [0.29, 0.717) is 0 Å². The topological polar surface area (TPSA) is 84.2 Å². The molecular weight excluding hydrogens is 255 g/mol. The van der Waals surface area contributed by atoms with Crippen LogP contribution >= 0.6 is 7.82 Å². The van der Waals surface area contributed by atoms with Gasteiger partial charge in [0.05, 0.1) is 6.67 Å². The maximum Gasteiger partial charge on any atom is 0.466 e. The number of hydrogen-bond donors (Lipinski definition) is 3. The average Bonchev–Trinajstić information content (AvgIpc) is 2.63. The van der Waals surface area contributed by atoms with Crippen LogP contribution in [0.2, 0.25) is 0 Å². The molecule has 0 amide bonds. The van der Waals surface area contributed by atoms with Gasteiger partial charge in [-0.3, -0.25) is 0 Å². The van der Waals surface area contributed by atoms with Crippen molar-refractivity contribution in [3.8, 4) is 0 Å². The number of phosphoric acid groups is 1. The molecule has 1 aliphatic heterocycles. The minimum Gasteiger partial charge on any atom is -0.362 e. The Morgan fingerprint density at radius 3 is 2.17 bits per heavy atom. The van der Waals surface area contributed by atoms with Crippen molar-refractivity contribution in [2.45, 2.75) is 6.54 Å². The van der Waals surface area contributed by atoms with Crippen molar-refractivity contribution in [2.75, 3.05) is 13.7 Å². The van der Waals surface area contributed by atoms with Crippen molar-refractivity contribution in [2.24, 2.45) is 0 Å². The molecule has 0 aromatic heterocycles. The van der Waals surface area contributed by atoms with E-state index < -0.39 is 7.82 Å². The first-order chi connectivity index (χ1) is 8.34. The van der Waals surface area contributed by atoms with Crippen molar-refractivity contribution in [3.05, 3.63) is 48.3 Å². The van der Waals surface area contributed by atoms with Crippen LogP contribution in [0.5, 0.6) is 0 Å². The summed E-state index contributed by atoms with van der Waals surface area (Å²) < 4.78 is 8.88. The zero-order valence-corrected chi connectivity index (χ0v) is 10.9. The van der Waals surface area contributed by atoms with Crippen LogP contribution in [0.25, 0.3) is 0 Å².